The first-order chi connectivity index (χ1) is 8.47. The van der Waals surface area contributed by atoms with Crippen LogP contribution in [0.2, 0.25) is 0 Å². The van der Waals surface area contributed by atoms with E-state index in [1.165, 1.54) is 18.7 Å². The molecule has 0 aliphatic heterocycles. The molecule has 94 valence electrons. The van der Waals surface area contributed by atoms with E-state index in [0.29, 0.717) is 17.0 Å². The number of nitrogens with zero attached hydrogens (tertiary/aromatic N) is 3. The molecule has 0 aliphatic carbocycles. The first-order valence-corrected chi connectivity index (χ1v) is 6.47. The SMILES string of the molecule is Cc1c(OP(=O)(O)O)cccc1-c1ncncn1. The fourth-order valence-corrected chi connectivity index (χ4v) is 1.92. The van der Waals surface area contributed by atoms with Crippen LogP contribution in [0.25, 0.3) is 11.4 Å². The van der Waals surface area contributed by atoms with E-state index in [-0.39, 0.29) is 5.75 Å². The number of benzene rings is 1. The average Bonchev–Trinajstić information content (AvgIpc) is 2.31. The standard InChI is InChI=1S/C10H10N3O4P/c1-7-8(10-12-5-11-6-13-10)3-2-4-9(7)17-18(14,15)16/h2-6H,1H3,(H2,14,15,16). The van der Waals surface area contributed by atoms with E-state index in [1.807, 2.05) is 0 Å². The van der Waals surface area contributed by atoms with Gasteiger partial charge in [0.05, 0.1) is 0 Å². The Morgan fingerprint density at radius 2 is 1.89 bits per heavy atom. The molecule has 0 bridgehead atoms. The fraction of sp³-hybridized carbons (Fsp3) is 0.100. The minimum Gasteiger partial charge on any atom is -0.404 e. The molecule has 0 atom stereocenters. The summed E-state index contributed by atoms with van der Waals surface area (Å²) in [5, 5.41) is 0. The van der Waals surface area contributed by atoms with Crippen LogP contribution < -0.4 is 4.52 Å². The van der Waals surface area contributed by atoms with Crippen LogP contribution in [0.1, 0.15) is 5.56 Å². The Hall–Kier alpha value is -1.82. The molecule has 0 amide bonds. The van der Waals surface area contributed by atoms with Crippen LogP contribution in [0.15, 0.2) is 30.9 Å². The summed E-state index contributed by atoms with van der Waals surface area (Å²) >= 11 is 0. The highest BCUT2D eigenvalue weighted by Crippen LogP contribution is 2.40. The van der Waals surface area contributed by atoms with Crippen molar-refractivity contribution in [3.63, 3.8) is 0 Å². The molecule has 0 spiro atoms. The second-order valence-electron chi connectivity index (χ2n) is 3.47. The second-order valence-corrected chi connectivity index (χ2v) is 4.64. The molecule has 2 rings (SSSR count). The van der Waals surface area contributed by atoms with E-state index in [2.05, 4.69) is 19.5 Å². The third-order valence-electron chi connectivity index (χ3n) is 2.24. The van der Waals surface area contributed by atoms with Crippen molar-refractivity contribution in [1.82, 2.24) is 15.0 Å². The average molecular weight is 267 g/mol. The largest absolute Gasteiger partial charge is 0.524 e. The Labute approximate surface area is 103 Å². The summed E-state index contributed by atoms with van der Waals surface area (Å²) in [6.07, 6.45) is 2.69. The highest BCUT2D eigenvalue weighted by atomic mass is 31.2. The van der Waals surface area contributed by atoms with Gasteiger partial charge in [0.15, 0.2) is 5.82 Å². The molecular weight excluding hydrogens is 257 g/mol. The smallest absolute Gasteiger partial charge is 0.404 e. The molecule has 0 saturated heterocycles. The van der Waals surface area contributed by atoms with E-state index >= 15 is 0 Å². The summed E-state index contributed by atoms with van der Waals surface area (Å²) < 4.78 is 15.4. The van der Waals surface area contributed by atoms with Crippen molar-refractivity contribution in [1.29, 1.82) is 0 Å². The van der Waals surface area contributed by atoms with Crippen molar-refractivity contribution < 1.29 is 18.9 Å². The maximum Gasteiger partial charge on any atom is 0.524 e. The first-order valence-electron chi connectivity index (χ1n) is 4.94. The molecule has 8 heteroatoms. The van der Waals surface area contributed by atoms with E-state index < -0.39 is 7.82 Å². The minimum absolute atomic E-state index is 0.0984. The van der Waals surface area contributed by atoms with E-state index in [4.69, 9.17) is 9.79 Å². The summed E-state index contributed by atoms with van der Waals surface area (Å²) in [7, 11) is -4.58. The molecular formula is C10H10N3O4P. The molecule has 7 nitrogen and oxygen atoms in total. The van der Waals surface area contributed by atoms with Crippen molar-refractivity contribution >= 4 is 7.82 Å². The normalized spacial score (nSPS) is 11.3. The summed E-state index contributed by atoms with van der Waals surface area (Å²) in [6, 6.07) is 4.81. The first kappa shape index (κ1) is 12.6. The van der Waals surface area contributed by atoms with Crippen LogP contribution in [0.5, 0.6) is 5.75 Å². The summed E-state index contributed by atoms with van der Waals surface area (Å²) in [4.78, 5) is 29.3. The summed E-state index contributed by atoms with van der Waals surface area (Å²) in [5.41, 5.74) is 1.18. The minimum atomic E-state index is -4.58. The van der Waals surface area contributed by atoms with E-state index in [0.717, 1.165) is 0 Å². The third kappa shape index (κ3) is 2.89. The van der Waals surface area contributed by atoms with Crippen molar-refractivity contribution in [2.24, 2.45) is 0 Å². The van der Waals surface area contributed by atoms with Gasteiger partial charge >= 0.3 is 7.82 Å². The molecule has 1 heterocycles. The molecule has 2 aromatic rings. The van der Waals surface area contributed by atoms with E-state index in [1.54, 1.807) is 19.1 Å². The molecule has 0 aliphatic rings. The van der Waals surface area contributed by atoms with Crippen LogP contribution in [-0.4, -0.2) is 24.7 Å². The van der Waals surface area contributed by atoms with Crippen molar-refractivity contribution in [3.8, 4) is 17.1 Å². The Balaban J connectivity index is 2.46. The maximum absolute atomic E-state index is 10.8. The molecule has 0 unspecified atom stereocenters. The number of rotatable bonds is 3. The van der Waals surface area contributed by atoms with Gasteiger partial charge in [0.1, 0.15) is 18.4 Å². The van der Waals surface area contributed by atoms with Crippen LogP contribution in [0.3, 0.4) is 0 Å². The molecule has 1 aromatic heterocycles. The zero-order chi connectivity index (χ0) is 13.2. The molecule has 18 heavy (non-hydrogen) atoms. The van der Waals surface area contributed by atoms with Crippen molar-refractivity contribution in [2.45, 2.75) is 6.92 Å². The van der Waals surface area contributed by atoms with Crippen molar-refractivity contribution in [3.05, 3.63) is 36.4 Å². The molecule has 1 aromatic carbocycles. The fourth-order valence-electron chi connectivity index (χ4n) is 1.46. The van der Waals surface area contributed by atoms with Gasteiger partial charge < -0.3 is 4.52 Å². The Morgan fingerprint density at radius 3 is 2.50 bits per heavy atom. The Bertz CT molecular complexity index is 599. The van der Waals surface area contributed by atoms with Gasteiger partial charge in [-0.2, -0.15) is 0 Å². The predicted molar refractivity (Wildman–Crippen MR) is 62.7 cm³/mol. The monoisotopic (exact) mass is 267 g/mol. The molecule has 2 N–H and O–H groups in total. The van der Waals surface area contributed by atoms with Crippen LogP contribution in [0.4, 0.5) is 0 Å². The lowest BCUT2D eigenvalue weighted by Crippen LogP contribution is -1.96. The van der Waals surface area contributed by atoms with Crippen molar-refractivity contribution in [2.75, 3.05) is 0 Å². The van der Waals surface area contributed by atoms with Gasteiger partial charge in [0.2, 0.25) is 0 Å². The molecule has 0 saturated carbocycles. The van der Waals surface area contributed by atoms with Gasteiger partial charge in [-0.05, 0) is 13.0 Å². The van der Waals surface area contributed by atoms with E-state index in [9.17, 15) is 4.57 Å². The zero-order valence-electron chi connectivity index (χ0n) is 9.39. The lowest BCUT2D eigenvalue weighted by molar-refractivity contribution is 0.282. The number of hydrogen-bond acceptors (Lipinski definition) is 5. The Kier molecular flexibility index (Phi) is 3.38. The predicted octanol–water partition coefficient (Wildman–Crippen LogP) is 1.32. The third-order valence-corrected chi connectivity index (χ3v) is 2.67. The number of hydrogen-bond donors (Lipinski definition) is 2. The molecule has 0 radical (unpaired) electrons. The van der Waals surface area contributed by atoms with Gasteiger partial charge in [-0.1, -0.05) is 12.1 Å². The van der Waals surface area contributed by atoms with Crippen LogP contribution >= 0.6 is 7.82 Å². The summed E-state index contributed by atoms with van der Waals surface area (Å²) in [5.74, 6) is 0.514. The lowest BCUT2D eigenvalue weighted by Gasteiger charge is -2.11. The van der Waals surface area contributed by atoms with Gasteiger partial charge in [0.25, 0.3) is 0 Å². The number of aromatic nitrogens is 3. The zero-order valence-corrected chi connectivity index (χ0v) is 10.3. The quantitative estimate of drug-likeness (QED) is 0.807. The molecule has 0 fully saturated rings. The van der Waals surface area contributed by atoms with Gasteiger partial charge in [-0.15, -0.1) is 0 Å². The number of phosphoric ester groups is 1. The van der Waals surface area contributed by atoms with Crippen LogP contribution in [0, 0.1) is 6.92 Å². The topological polar surface area (TPSA) is 105 Å². The van der Waals surface area contributed by atoms with Gasteiger partial charge in [-0.25, -0.2) is 19.5 Å². The lowest BCUT2D eigenvalue weighted by atomic mass is 10.1. The van der Waals surface area contributed by atoms with Gasteiger partial charge in [-0.3, -0.25) is 9.79 Å². The maximum atomic E-state index is 10.8. The van der Waals surface area contributed by atoms with Crippen LogP contribution in [-0.2, 0) is 4.57 Å². The number of phosphoric acid groups is 1. The second kappa shape index (κ2) is 4.81. The highest BCUT2D eigenvalue weighted by Gasteiger charge is 2.19. The summed E-state index contributed by atoms with van der Waals surface area (Å²) in [6.45, 7) is 1.67. The van der Waals surface area contributed by atoms with Gasteiger partial charge in [0, 0.05) is 11.1 Å². The Morgan fingerprint density at radius 1 is 1.22 bits per heavy atom. The highest BCUT2D eigenvalue weighted by molar-refractivity contribution is 7.46.